The second-order valence-electron chi connectivity index (χ2n) is 6.62. The zero-order valence-electron chi connectivity index (χ0n) is 15.6. The van der Waals surface area contributed by atoms with Crippen LogP contribution in [0.15, 0.2) is 29.2 Å². The van der Waals surface area contributed by atoms with Gasteiger partial charge < -0.3 is 9.64 Å². The summed E-state index contributed by atoms with van der Waals surface area (Å²) in [6.07, 6.45) is 5.42. The Kier molecular flexibility index (Phi) is 6.21. The van der Waals surface area contributed by atoms with Crippen LogP contribution in [0.3, 0.4) is 0 Å². The van der Waals surface area contributed by atoms with Gasteiger partial charge in [-0.1, -0.05) is 12.1 Å². The highest BCUT2D eigenvalue weighted by Gasteiger charge is 2.41. The highest BCUT2D eigenvalue weighted by atomic mass is 32.2. The zero-order valence-corrected chi connectivity index (χ0v) is 16.5. The summed E-state index contributed by atoms with van der Waals surface area (Å²) in [5, 5.41) is -0.447. The number of ether oxygens (including phenoxy) is 1. The molecule has 0 aliphatic carbocycles. The summed E-state index contributed by atoms with van der Waals surface area (Å²) in [4.78, 5) is 40.3. The van der Waals surface area contributed by atoms with E-state index < -0.39 is 23.2 Å². The SMILES string of the molecule is CCOC(=O)C(C)N1C(=O)S/C(=C/c2ccc(N3CCCCC3)cc2)C1=O. The van der Waals surface area contributed by atoms with Crippen molar-refractivity contribution in [2.45, 2.75) is 39.2 Å². The summed E-state index contributed by atoms with van der Waals surface area (Å²) in [7, 11) is 0. The largest absolute Gasteiger partial charge is 0.464 e. The van der Waals surface area contributed by atoms with Crippen molar-refractivity contribution in [2.24, 2.45) is 0 Å². The number of carbonyl (C=O) groups is 3. The van der Waals surface area contributed by atoms with E-state index in [1.165, 1.54) is 31.9 Å². The van der Waals surface area contributed by atoms with E-state index in [9.17, 15) is 14.4 Å². The number of rotatable bonds is 5. The van der Waals surface area contributed by atoms with Gasteiger partial charge in [0, 0.05) is 18.8 Å². The molecule has 2 fully saturated rings. The van der Waals surface area contributed by atoms with Gasteiger partial charge in [0.25, 0.3) is 11.1 Å². The van der Waals surface area contributed by atoms with Gasteiger partial charge in [0.1, 0.15) is 6.04 Å². The van der Waals surface area contributed by atoms with Crippen molar-refractivity contribution in [1.29, 1.82) is 0 Å². The van der Waals surface area contributed by atoms with Gasteiger partial charge in [0.05, 0.1) is 11.5 Å². The maximum absolute atomic E-state index is 12.6. The van der Waals surface area contributed by atoms with Crippen molar-refractivity contribution in [3.63, 3.8) is 0 Å². The summed E-state index contributed by atoms with van der Waals surface area (Å²) < 4.78 is 4.92. The van der Waals surface area contributed by atoms with Crippen LogP contribution in [0.25, 0.3) is 6.08 Å². The molecule has 1 atom stereocenters. The Bertz CT molecular complexity index is 754. The summed E-state index contributed by atoms with van der Waals surface area (Å²) in [5.74, 6) is -1.03. The first-order valence-electron chi connectivity index (χ1n) is 9.30. The molecule has 2 saturated heterocycles. The first-order chi connectivity index (χ1) is 13.0. The highest BCUT2D eigenvalue weighted by molar-refractivity contribution is 8.18. The molecule has 2 amide bonds. The lowest BCUT2D eigenvalue weighted by atomic mass is 10.1. The average Bonchev–Trinajstić information content (AvgIpc) is 2.96. The van der Waals surface area contributed by atoms with Gasteiger partial charge in [-0.2, -0.15) is 0 Å². The van der Waals surface area contributed by atoms with Gasteiger partial charge in [0.2, 0.25) is 0 Å². The van der Waals surface area contributed by atoms with Crippen LogP contribution < -0.4 is 4.90 Å². The molecule has 6 nitrogen and oxygen atoms in total. The number of hydrogen-bond donors (Lipinski definition) is 0. The second kappa shape index (κ2) is 8.61. The molecular formula is C20H24N2O4S. The molecule has 0 N–H and O–H groups in total. The average molecular weight is 388 g/mol. The lowest BCUT2D eigenvalue weighted by Crippen LogP contribution is -2.42. The zero-order chi connectivity index (χ0) is 19.4. The van der Waals surface area contributed by atoms with Crippen molar-refractivity contribution in [2.75, 3.05) is 24.6 Å². The Morgan fingerprint density at radius 2 is 1.85 bits per heavy atom. The molecule has 3 rings (SSSR count). The van der Waals surface area contributed by atoms with E-state index in [0.29, 0.717) is 4.91 Å². The number of anilines is 1. The van der Waals surface area contributed by atoms with Crippen molar-refractivity contribution < 1.29 is 19.1 Å². The molecular weight excluding hydrogens is 364 g/mol. The lowest BCUT2D eigenvalue weighted by molar-refractivity contribution is -0.150. The van der Waals surface area contributed by atoms with E-state index in [1.54, 1.807) is 13.0 Å². The number of hydrogen-bond acceptors (Lipinski definition) is 6. The number of nitrogens with zero attached hydrogens (tertiary/aromatic N) is 2. The Labute approximate surface area is 163 Å². The second-order valence-corrected chi connectivity index (χ2v) is 7.61. The van der Waals surface area contributed by atoms with Crippen LogP contribution in [0.4, 0.5) is 10.5 Å². The summed E-state index contributed by atoms with van der Waals surface area (Å²) in [5.41, 5.74) is 2.03. The fraction of sp³-hybridized carbons (Fsp3) is 0.450. The van der Waals surface area contributed by atoms with Crippen LogP contribution in [-0.2, 0) is 14.3 Å². The Morgan fingerprint density at radius 3 is 2.48 bits per heavy atom. The third-order valence-corrected chi connectivity index (χ3v) is 5.63. The van der Waals surface area contributed by atoms with Crippen LogP contribution in [-0.4, -0.2) is 47.8 Å². The van der Waals surface area contributed by atoms with E-state index in [0.717, 1.165) is 35.3 Å². The molecule has 7 heteroatoms. The molecule has 1 aromatic rings. The number of piperidine rings is 1. The van der Waals surface area contributed by atoms with Gasteiger partial charge >= 0.3 is 5.97 Å². The smallest absolute Gasteiger partial charge is 0.329 e. The fourth-order valence-corrected chi connectivity index (χ4v) is 4.18. The fourth-order valence-electron chi connectivity index (χ4n) is 3.27. The van der Waals surface area contributed by atoms with E-state index in [2.05, 4.69) is 4.90 Å². The molecule has 2 aliphatic heterocycles. The number of benzene rings is 1. The lowest BCUT2D eigenvalue weighted by Gasteiger charge is -2.28. The summed E-state index contributed by atoms with van der Waals surface area (Å²) in [6.45, 7) is 5.54. The van der Waals surface area contributed by atoms with E-state index >= 15 is 0 Å². The molecule has 0 radical (unpaired) electrons. The predicted octanol–water partition coefficient (Wildman–Crippen LogP) is 3.66. The maximum Gasteiger partial charge on any atom is 0.329 e. The Balaban J connectivity index is 1.72. The molecule has 1 unspecified atom stereocenters. The van der Waals surface area contributed by atoms with Crippen molar-refractivity contribution in [3.05, 3.63) is 34.7 Å². The third-order valence-electron chi connectivity index (χ3n) is 4.75. The number of imide groups is 1. The first kappa shape index (κ1) is 19.5. The van der Waals surface area contributed by atoms with Gasteiger partial charge in [-0.3, -0.25) is 14.5 Å². The van der Waals surface area contributed by atoms with Crippen molar-refractivity contribution in [1.82, 2.24) is 4.90 Å². The highest BCUT2D eigenvalue weighted by Crippen LogP contribution is 2.34. The normalized spacial score (nSPS) is 20.3. The van der Waals surface area contributed by atoms with Crippen LogP contribution >= 0.6 is 11.8 Å². The molecule has 2 heterocycles. The Morgan fingerprint density at radius 1 is 1.19 bits per heavy atom. The minimum atomic E-state index is -0.926. The van der Waals surface area contributed by atoms with Gasteiger partial charge in [-0.25, -0.2) is 4.79 Å². The number of carbonyl (C=O) groups excluding carboxylic acids is 3. The molecule has 0 bridgehead atoms. The standard InChI is InChI=1S/C20H24N2O4S/c1-3-26-19(24)14(2)22-18(23)17(27-20(22)25)13-15-7-9-16(10-8-15)21-11-5-4-6-12-21/h7-10,13-14H,3-6,11-12H2,1-2H3/b17-13+. The van der Waals surface area contributed by atoms with Gasteiger partial charge in [-0.05, 0) is 68.6 Å². The quantitative estimate of drug-likeness (QED) is 0.566. The van der Waals surface area contributed by atoms with Crippen LogP contribution in [0.1, 0.15) is 38.7 Å². The van der Waals surface area contributed by atoms with Gasteiger partial charge in [0.15, 0.2) is 0 Å². The number of esters is 1. The van der Waals surface area contributed by atoms with E-state index in [4.69, 9.17) is 4.74 Å². The van der Waals surface area contributed by atoms with E-state index in [-0.39, 0.29) is 6.61 Å². The van der Waals surface area contributed by atoms with Crippen LogP contribution in [0.2, 0.25) is 0 Å². The van der Waals surface area contributed by atoms with Crippen molar-refractivity contribution >= 4 is 40.6 Å². The monoisotopic (exact) mass is 388 g/mol. The summed E-state index contributed by atoms with van der Waals surface area (Å²) >= 11 is 0.853. The Hall–Kier alpha value is -2.28. The van der Waals surface area contributed by atoms with Gasteiger partial charge in [-0.15, -0.1) is 0 Å². The first-order valence-corrected chi connectivity index (χ1v) is 10.1. The van der Waals surface area contributed by atoms with Crippen molar-refractivity contribution in [3.8, 4) is 0 Å². The van der Waals surface area contributed by atoms with Crippen LogP contribution in [0, 0.1) is 0 Å². The predicted molar refractivity (Wildman–Crippen MR) is 106 cm³/mol. The number of amides is 2. The third kappa shape index (κ3) is 4.35. The number of thioether (sulfide) groups is 1. The molecule has 27 heavy (non-hydrogen) atoms. The molecule has 0 saturated carbocycles. The van der Waals surface area contributed by atoms with Crippen LogP contribution in [0.5, 0.6) is 0 Å². The molecule has 2 aliphatic rings. The molecule has 1 aromatic carbocycles. The topological polar surface area (TPSA) is 66.9 Å². The molecule has 0 aromatic heterocycles. The van der Waals surface area contributed by atoms with E-state index in [1.807, 2.05) is 24.3 Å². The molecule has 0 spiro atoms. The molecule has 144 valence electrons. The maximum atomic E-state index is 12.6. The minimum absolute atomic E-state index is 0.207. The minimum Gasteiger partial charge on any atom is -0.464 e. The summed E-state index contributed by atoms with van der Waals surface area (Å²) in [6, 6.07) is 7.06.